The molecule has 2 rings (SSSR count). The lowest BCUT2D eigenvalue weighted by molar-refractivity contribution is -0.141. The number of fused-ring (bicyclic) bond motifs is 1. The fourth-order valence-corrected chi connectivity index (χ4v) is 2.03. The number of rotatable bonds is 5. The summed E-state index contributed by atoms with van der Waals surface area (Å²) in [5.74, 6) is -2.12. The molecular formula is C14H16N2O4. The van der Waals surface area contributed by atoms with Gasteiger partial charge in [-0.25, -0.2) is 0 Å². The second-order valence-electron chi connectivity index (χ2n) is 4.86. The Morgan fingerprint density at radius 3 is 2.75 bits per heavy atom. The van der Waals surface area contributed by atoms with Crippen molar-refractivity contribution >= 4 is 17.8 Å². The molecule has 0 aliphatic carbocycles. The lowest BCUT2D eigenvalue weighted by atomic mass is 10.1. The smallest absolute Gasteiger partial charge is 0.308 e. The van der Waals surface area contributed by atoms with Gasteiger partial charge in [-0.05, 0) is 11.6 Å². The molecule has 0 bridgehead atoms. The molecule has 1 aliphatic heterocycles. The van der Waals surface area contributed by atoms with Gasteiger partial charge in [0.05, 0.1) is 5.92 Å². The average Bonchev–Trinajstić information content (AvgIpc) is 2.73. The zero-order valence-electron chi connectivity index (χ0n) is 11.1. The van der Waals surface area contributed by atoms with E-state index in [9.17, 15) is 14.4 Å². The highest BCUT2D eigenvalue weighted by atomic mass is 16.4. The van der Waals surface area contributed by atoms with Crippen molar-refractivity contribution in [3.63, 3.8) is 0 Å². The van der Waals surface area contributed by atoms with E-state index in [2.05, 4.69) is 5.32 Å². The number of nitrogens with zero attached hydrogens (tertiary/aromatic N) is 1. The molecule has 6 heteroatoms. The second kappa shape index (κ2) is 5.73. The topological polar surface area (TPSA) is 86.7 Å². The van der Waals surface area contributed by atoms with E-state index in [1.807, 2.05) is 12.1 Å². The number of carboxylic acids is 1. The molecule has 2 amide bonds. The molecule has 1 atom stereocenters. The summed E-state index contributed by atoms with van der Waals surface area (Å²) >= 11 is 0. The number of benzene rings is 1. The Hall–Kier alpha value is -2.37. The predicted octanol–water partition coefficient (Wildman–Crippen LogP) is 0.479. The van der Waals surface area contributed by atoms with Crippen LogP contribution in [0.25, 0.3) is 0 Å². The molecule has 20 heavy (non-hydrogen) atoms. The summed E-state index contributed by atoms with van der Waals surface area (Å²) < 4.78 is 0. The number of nitrogens with one attached hydrogen (secondary N) is 1. The van der Waals surface area contributed by atoms with Crippen LogP contribution in [0.1, 0.15) is 22.8 Å². The maximum absolute atomic E-state index is 12.0. The quantitative estimate of drug-likeness (QED) is 0.819. The van der Waals surface area contributed by atoms with E-state index >= 15 is 0 Å². The fraction of sp³-hybridized carbons (Fsp3) is 0.357. The molecular weight excluding hydrogens is 260 g/mol. The first-order valence-corrected chi connectivity index (χ1v) is 6.35. The summed E-state index contributed by atoms with van der Waals surface area (Å²) in [6, 6.07) is 7.23. The van der Waals surface area contributed by atoms with Crippen LogP contribution in [0.15, 0.2) is 24.3 Å². The van der Waals surface area contributed by atoms with Gasteiger partial charge < -0.3 is 15.3 Å². The number of amides is 2. The summed E-state index contributed by atoms with van der Waals surface area (Å²) in [5.41, 5.74) is 1.53. The number of hydrogen-bond donors (Lipinski definition) is 2. The van der Waals surface area contributed by atoms with Crippen LogP contribution >= 0.6 is 0 Å². The Morgan fingerprint density at radius 1 is 1.40 bits per heavy atom. The highest BCUT2D eigenvalue weighted by Crippen LogP contribution is 2.21. The van der Waals surface area contributed by atoms with Gasteiger partial charge in [0.15, 0.2) is 0 Å². The van der Waals surface area contributed by atoms with E-state index < -0.39 is 11.9 Å². The van der Waals surface area contributed by atoms with Crippen molar-refractivity contribution in [1.29, 1.82) is 0 Å². The highest BCUT2D eigenvalue weighted by molar-refractivity contribution is 6.00. The molecule has 0 radical (unpaired) electrons. The van der Waals surface area contributed by atoms with E-state index in [0.29, 0.717) is 12.1 Å². The number of carboxylic acid groups (broad SMARTS) is 1. The summed E-state index contributed by atoms with van der Waals surface area (Å²) in [5, 5.41) is 11.2. The maximum Gasteiger partial charge on any atom is 0.308 e. The molecule has 6 nitrogen and oxygen atoms in total. The van der Waals surface area contributed by atoms with Crippen molar-refractivity contribution in [3.8, 4) is 0 Å². The van der Waals surface area contributed by atoms with Crippen LogP contribution in [0.2, 0.25) is 0 Å². The van der Waals surface area contributed by atoms with Crippen LogP contribution < -0.4 is 5.32 Å². The molecule has 2 N–H and O–H groups in total. The third kappa shape index (κ3) is 2.96. The van der Waals surface area contributed by atoms with Crippen molar-refractivity contribution in [1.82, 2.24) is 10.2 Å². The van der Waals surface area contributed by atoms with Crippen molar-refractivity contribution in [2.24, 2.45) is 5.92 Å². The lowest BCUT2D eigenvalue weighted by Crippen LogP contribution is -2.39. The normalized spacial score (nSPS) is 14.8. The molecule has 1 aromatic rings. The molecule has 0 aromatic heterocycles. The standard InChI is InChI=1S/C14H16N2O4/c1-9(14(19)20)6-15-12(17)8-16-7-10-4-2-3-5-11(10)13(16)18/h2-5,9H,6-8H2,1H3,(H,15,17)(H,19,20). The Kier molecular flexibility index (Phi) is 4.02. The summed E-state index contributed by atoms with van der Waals surface area (Å²) in [6.45, 7) is 1.93. The second-order valence-corrected chi connectivity index (χ2v) is 4.86. The minimum atomic E-state index is -0.963. The lowest BCUT2D eigenvalue weighted by Gasteiger charge is -2.15. The SMILES string of the molecule is CC(CNC(=O)CN1Cc2ccccc2C1=O)C(=O)O. The fourth-order valence-electron chi connectivity index (χ4n) is 2.03. The molecule has 106 valence electrons. The van der Waals surface area contributed by atoms with E-state index in [-0.39, 0.29) is 24.9 Å². The van der Waals surface area contributed by atoms with E-state index in [1.165, 1.54) is 11.8 Å². The van der Waals surface area contributed by atoms with Crippen LogP contribution in [0.4, 0.5) is 0 Å². The zero-order valence-corrected chi connectivity index (χ0v) is 11.1. The van der Waals surface area contributed by atoms with Crippen LogP contribution in [-0.2, 0) is 16.1 Å². The summed E-state index contributed by atoms with van der Waals surface area (Å²) in [4.78, 5) is 35.8. The van der Waals surface area contributed by atoms with Gasteiger partial charge in [-0.2, -0.15) is 0 Å². The third-order valence-electron chi connectivity index (χ3n) is 3.26. The molecule has 1 aromatic carbocycles. The van der Waals surface area contributed by atoms with E-state index in [1.54, 1.807) is 12.1 Å². The summed E-state index contributed by atoms with van der Waals surface area (Å²) in [7, 11) is 0. The van der Waals surface area contributed by atoms with E-state index in [4.69, 9.17) is 5.11 Å². The van der Waals surface area contributed by atoms with Crippen LogP contribution in [-0.4, -0.2) is 40.9 Å². The highest BCUT2D eigenvalue weighted by Gasteiger charge is 2.28. The first kappa shape index (κ1) is 14.0. The monoisotopic (exact) mass is 276 g/mol. The first-order valence-electron chi connectivity index (χ1n) is 6.35. The number of hydrogen-bond acceptors (Lipinski definition) is 3. The van der Waals surface area contributed by atoms with E-state index in [0.717, 1.165) is 5.56 Å². The molecule has 0 saturated carbocycles. The van der Waals surface area contributed by atoms with Crippen molar-refractivity contribution in [2.45, 2.75) is 13.5 Å². The van der Waals surface area contributed by atoms with Gasteiger partial charge in [0, 0.05) is 18.7 Å². The van der Waals surface area contributed by atoms with Gasteiger partial charge >= 0.3 is 5.97 Å². The van der Waals surface area contributed by atoms with Crippen LogP contribution in [0.5, 0.6) is 0 Å². The van der Waals surface area contributed by atoms with Gasteiger partial charge in [-0.3, -0.25) is 14.4 Å². The zero-order chi connectivity index (χ0) is 14.7. The van der Waals surface area contributed by atoms with Gasteiger partial charge in [-0.15, -0.1) is 0 Å². The Morgan fingerprint density at radius 2 is 2.10 bits per heavy atom. The number of aliphatic carboxylic acids is 1. The van der Waals surface area contributed by atoms with Gasteiger partial charge in [0.25, 0.3) is 5.91 Å². The average molecular weight is 276 g/mol. The Balaban J connectivity index is 1.88. The number of carbonyl (C=O) groups is 3. The molecule has 1 aliphatic rings. The Labute approximate surface area is 116 Å². The van der Waals surface area contributed by atoms with Crippen LogP contribution in [0.3, 0.4) is 0 Å². The maximum atomic E-state index is 12.0. The predicted molar refractivity (Wildman–Crippen MR) is 71.0 cm³/mol. The summed E-state index contributed by atoms with van der Waals surface area (Å²) in [6.07, 6.45) is 0. The van der Waals surface area contributed by atoms with Crippen molar-refractivity contribution < 1.29 is 19.5 Å². The Bertz CT molecular complexity index is 556. The third-order valence-corrected chi connectivity index (χ3v) is 3.26. The van der Waals surface area contributed by atoms with Crippen LogP contribution in [0, 0.1) is 5.92 Å². The van der Waals surface area contributed by atoms with Gasteiger partial charge in [0.1, 0.15) is 6.54 Å². The number of carbonyl (C=O) groups excluding carboxylic acids is 2. The largest absolute Gasteiger partial charge is 0.481 e. The van der Waals surface area contributed by atoms with Crippen molar-refractivity contribution in [3.05, 3.63) is 35.4 Å². The van der Waals surface area contributed by atoms with Crippen molar-refractivity contribution in [2.75, 3.05) is 13.1 Å². The van der Waals surface area contributed by atoms with Gasteiger partial charge in [-0.1, -0.05) is 25.1 Å². The molecule has 1 unspecified atom stereocenters. The molecule has 1 heterocycles. The minimum Gasteiger partial charge on any atom is -0.481 e. The molecule has 0 fully saturated rings. The first-order chi connectivity index (χ1) is 9.49. The molecule has 0 spiro atoms. The van der Waals surface area contributed by atoms with Gasteiger partial charge in [0.2, 0.25) is 5.91 Å². The minimum absolute atomic E-state index is 0.0557. The molecule has 0 saturated heterocycles.